The molecule has 1 rings (SSSR count). The van der Waals surface area contributed by atoms with Gasteiger partial charge in [-0.2, -0.15) is 5.10 Å². The fourth-order valence-electron chi connectivity index (χ4n) is 0.895. The van der Waals surface area contributed by atoms with E-state index in [2.05, 4.69) is 16.1 Å². The first-order chi connectivity index (χ1) is 6.16. The second-order valence-electron chi connectivity index (χ2n) is 2.33. The highest BCUT2D eigenvalue weighted by Crippen LogP contribution is 2.06. The molecule has 0 saturated carbocycles. The lowest BCUT2D eigenvalue weighted by Crippen LogP contribution is -2.27. The van der Waals surface area contributed by atoms with Crippen molar-refractivity contribution < 1.29 is 9.90 Å². The zero-order valence-corrected chi connectivity index (χ0v) is 6.60. The molecule has 68 valence electrons. The fourth-order valence-corrected chi connectivity index (χ4v) is 0.895. The highest BCUT2D eigenvalue weighted by molar-refractivity contribution is 5.72. The number of nitrogens with one attached hydrogen (secondary N) is 1. The molecule has 0 spiro atoms. The van der Waals surface area contributed by atoms with Crippen LogP contribution in [-0.4, -0.2) is 25.8 Å². The summed E-state index contributed by atoms with van der Waals surface area (Å²) in [5, 5.41) is 14.2. The minimum absolute atomic E-state index is 0.0469. The van der Waals surface area contributed by atoms with E-state index in [9.17, 15) is 9.59 Å². The number of carboxylic acid groups (broad SMARTS) is 1. The Bertz CT molecular complexity index is 398. The Morgan fingerprint density at radius 2 is 2.62 bits per heavy atom. The molecule has 1 aromatic rings. The third-order valence-corrected chi connectivity index (χ3v) is 1.51. The maximum Gasteiger partial charge on any atom is 0.343 e. The molecule has 13 heavy (non-hydrogen) atoms. The summed E-state index contributed by atoms with van der Waals surface area (Å²) < 4.78 is 0.947. The molecule has 6 heteroatoms. The van der Waals surface area contributed by atoms with Crippen LogP contribution in [0.4, 0.5) is 0 Å². The molecule has 0 aliphatic rings. The minimum Gasteiger partial charge on any atom is -0.480 e. The van der Waals surface area contributed by atoms with Gasteiger partial charge in [-0.25, -0.2) is 14.7 Å². The lowest BCUT2D eigenvalue weighted by atomic mass is 10.2. The van der Waals surface area contributed by atoms with E-state index in [4.69, 9.17) is 11.5 Å². The number of rotatable bonds is 3. The van der Waals surface area contributed by atoms with E-state index >= 15 is 0 Å². The number of terminal acetylenes is 1. The van der Waals surface area contributed by atoms with Crippen molar-refractivity contribution in [2.45, 2.75) is 12.5 Å². The van der Waals surface area contributed by atoms with Gasteiger partial charge in [0.2, 0.25) is 0 Å². The number of aromatic amines is 1. The van der Waals surface area contributed by atoms with Crippen molar-refractivity contribution in [1.82, 2.24) is 14.8 Å². The van der Waals surface area contributed by atoms with Crippen LogP contribution in [0.15, 0.2) is 11.1 Å². The number of aromatic nitrogens is 3. The Morgan fingerprint density at radius 3 is 3.00 bits per heavy atom. The van der Waals surface area contributed by atoms with Gasteiger partial charge in [-0.05, 0) is 0 Å². The first-order valence-electron chi connectivity index (χ1n) is 3.44. The average Bonchev–Trinajstić information content (AvgIpc) is 2.47. The Labute approximate surface area is 73.2 Å². The van der Waals surface area contributed by atoms with Crippen LogP contribution in [0.5, 0.6) is 0 Å². The molecule has 6 nitrogen and oxygen atoms in total. The van der Waals surface area contributed by atoms with Gasteiger partial charge in [-0.15, -0.1) is 12.3 Å². The van der Waals surface area contributed by atoms with Gasteiger partial charge in [0.1, 0.15) is 12.4 Å². The first kappa shape index (κ1) is 9.06. The van der Waals surface area contributed by atoms with Gasteiger partial charge < -0.3 is 5.11 Å². The average molecular weight is 181 g/mol. The lowest BCUT2D eigenvalue weighted by molar-refractivity contribution is -0.140. The summed E-state index contributed by atoms with van der Waals surface area (Å²) in [6.45, 7) is 0. The van der Waals surface area contributed by atoms with Crippen LogP contribution in [0.2, 0.25) is 0 Å². The van der Waals surface area contributed by atoms with E-state index < -0.39 is 17.7 Å². The van der Waals surface area contributed by atoms with E-state index in [1.54, 1.807) is 0 Å². The standard InChI is InChI=1S/C7H7N3O3/c1-2-3-5(6(11)12)10-4-8-9-7(10)13/h1,4-5H,3H2,(H,9,13)(H,11,12). The van der Waals surface area contributed by atoms with E-state index in [0.29, 0.717) is 0 Å². The van der Waals surface area contributed by atoms with E-state index in [1.165, 1.54) is 0 Å². The van der Waals surface area contributed by atoms with Gasteiger partial charge in [-0.1, -0.05) is 0 Å². The SMILES string of the molecule is C#CCC(C(=O)O)n1cn[nH]c1=O. The maximum absolute atomic E-state index is 11.0. The van der Waals surface area contributed by atoms with Crippen LogP contribution in [0.25, 0.3) is 0 Å². The largest absolute Gasteiger partial charge is 0.480 e. The summed E-state index contributed by atoms with van der Waals surface area (Å²) in [5.74, 6) is 1.03. The van der Waals surface area contributed by atoms with Crippen molar-refractivity contribution in [3.63, 3.8) is 0 Å². The van der Waals surface area contributed by atoms with Crippen LogP contribution in [0, 0.1) is 12.3 Å². The topological polar surface area (TPSA) is 88.0 Å². The summed E-state index contributed by atoms with van der Waals surface area (Å²) in [4.78, 5) is 21.6. The van der Waals surface area contributed by atoms with Gasteiger partial charge in [0.05, 0.1) is 0 Å². The molecule has 2 N–H and O–H groups in total. The van der Waals surface area contributed by atoms with Crippen LogP contribution >= 0.6 is 0 Å². The van der Waals surface area contributed by atoms with Gasteiger partial charge in [0.25, 0.3) is 0 Å². The number of carbonyl (C=O) groups is 1. The smallest absolute Gasteiger partial charge is 0.343 e. The number of H-pyrrole nitrogens is 1. The van der Waals surface area contributed by atoms with Gasteiger partial charge in [0, 0.05) is 6.42 Å². The quantitative estimate of drug-likeness (QED) is 0.599. The van der Waals surface area contributed by atoms with Crippen LogP contribution < -0.4 is 5.69 Å². The summed E-state index contributed by atoms with van der Waals surface area (Å²) >= 11 is 0. The lowest BCUT2D eigenvalue weighted by Gasteiger charge is -2.07. The van der Waals surface area contributed by atoms with Gasteiger partial charge >= 0.3 is 11.7 Å². The second-order valence-corrected chi connectivity index (χ2v) is 2.33. The van der Waals surface area contributed by atoms with E-state index in [0.717, 1.165) is 10.9 Å². The highest BCUT2D eigenvalue weighted by atomic mass is 16.4. The fraction of sp³-hybridized carbons (Fsp3) is 0.286. The van der Waals surface area contributed by atoms with E-state index in [-0.39, 0.29) is 6.42 Å². The molecule has 0 saturated heterocycles. The van der Waals surface area contributed by atoms with Crippen LogP contribution in [0.1, 0.15) is 12.5 Å². The summed E-state index contributed by atoms with van der Waals surface area (Å²) in [6, 6.07) is -1.05. The van der Waals surface area contributed by atoms with E-state index in [1.807, 2.05) is 0 Å². The summed E-state index contributed by atoms with van der Waals surface area (Å²) in [7, 11) is 0. The number of carboxylic acids is 1. The first-order valence-corrected chi connectivity index (χ1v) is 3.44. The molecule has 0 radical (unpaired) electrons. The Hall–Kier alpha value is -2.03. The Kier molecular flexibility index (Phi) is 2.50. The molecule has 1 atom stereocenters. The highest BCUT2D eigenvalue weighted by Gasteiger charge is 2.19. The van der Waals surface area contributed by atoms with Gasteiger partial charge in [0.15, 0.2) is 0 Å². The predicted molar refractivity (Wildman–Crippen MR) is 43.0 cm³/mol. The third-order valence-electron chi connectivity index (χ3n) is 1.51. The molecule has 0 fully saturated rings. The molecule has 0 aromatic carbocycles. The normalized spacial score (nSPS) is 11.9. The molecule has 1 aromatic heterocycles. The van der Waals surface area contributed by atoms with Crippen molar-refractivity contribution in [3.8, 4) is 12.3 Å². The van der Waals surface area contributed by atoms with Gasteiger partial charge in [-0.3, -0.25) is 4.57 Å². The molecule has 0 aliphatic carbocycles. The summed E-state index contributed by atoms with van der Waals surface area (Å²) in [6.07, 6.45) is 6.03. The Morgan fingerprint density at radius 1 is 1.92 bits per heavy atom. The number of hydrogen-bond donors (Lipinski definition) is 2. The van der Waals surface area contributed by atoms with Crippen LogP contribution in [0.3, 0.4) is 0 Å². The molecule has 1 unspecified atom stereocenters. The van der Waals surface area contributed by atoms with Crippen molar-refractivity contribution in [2.75, 3.05) is 0 Å². The van der Waals surface area contributed by atoms with Crippen LogP contribution in [-0.2, 0) is 4.79 Å². The maximum atomic E-state index is 11.0. The molecule has 0 amide bonds. The minimum atomic E-state index is -1.15. The molecular weight excluding hydrogens is 174 g/mol. The Balaban J connectivity index is 3.03. The monoisotopic (exact) mass is 181 g/mol. The number of hydrogen-bond acceptors (Lipinski definition) is 3. The zero-order chi connectivity index (χ0) is 9.84. The van der Waals surface area contributed by atoms with Crippen molar-refractivity contribution in [2.24, 2.45) is 0 Å². The summed E-state index contributed by atoms with van der Waals surface area (Å²) in [5.41, 5.74) is -0.581. The van der Waals surface area contributed by atoms with Crippen molar-refractivity contribution in [1.29, 1.82) is 0 Å². The molecule has 0 bridgehead atoms. The second kappa shape index (κ2) is 3.58. The van der Waals surface area contributed by atoms with Crippen molar-refractivity contribution in [3.05, 3.63) is 16.8 Å². The third kappa shape index (κ3) is 1.76. The molecule has 0 aliphatic heterocycles. The molecule has 1 heterocycles. The predicted octanol–water partition coefficient (Wildman–Crippen LogP) is -0.780. The number of nitrogens with zero attached hydrogens (tertiary/aromatic N) is 2. The zero-order valence-electron chi connectivity index (χ0n) is 6.60. The number of aliphatic carboxylic acids is 1. The van der Waals surface area contributed by atoms with Crippen molar-refractivity contribution >= 4 is 5.97 Å². The molecular formula is C7H7N3O3.